The zero-order valence-electron chi connectivity index (χ0n) is 14.8. The first-order valence-electron chi connectivity index (χ1n) is 8.76. The van der Waals surface area contributed by atoms with Crippen molar-refractivity contribution in [1.82, 2.24) is 5.32 Å². The molecule has 0 radical (unpaired) electrons. The number of nitrogens with one attached hydrogen (secondary N) is 1. The Morgan fingerprint density at radius 1 is 1.00 bits per heavy atom. The van der Waals surface area contributed by atoms with Crippen LogP contribution in [0.2, 0.25) is 0 Å². The highest BCUT2D eigenvalue weighted by Crippen LogP contribution is 2.30. The van der Waals surface area contributed by atoms with Crippen molar-refractivity contribution in [1.29, 1.82) is 0 Å². The number of carbonyl (C=O) groups excluding carboxylic acids is 2. The Bertz CT molecular complexity index is 425. The molecule has 2 unspecified atom stereocenters. The Morgan fingerprint density at radius 3 is 2.04 bits per heavy atom. The van der Waals surface area contributed by atoms with E-state index >= 15 is 0 Å². The fourth-order valence-electron chi connectivity index (χ4n) is 3.28. The summed E-state index contributed by atoms with van der Waals surface area (Å²) in [5, 5.41) is 11.8. The molecule has 0 heterocycles. The standard InChI is InChI=1S/C18H31NO4/c1-11(2)16(20)15-7-5-14(6-8-15)10-19-17(21)12(3)9-13(4)18(22)23/h11-15H,5-10H2,1-4H3,(H,19,21)(H,22,23)/t12?,13?,14-,15-. The van der Waals surface area contributed by atoms with Crippen LogP contribution >= 0.6 is 0 Å². The van der Waals surface area contributed by atoms with E-state index in [1.807, 2.05) is 13.8 Å². The summed E-state index contributed by atoms with van der Waals surface area (Å²) in [7, 11) is 0. The van der Waals surface area contributed by atoms with Crippen molar-refractivity contribution in [2.45, 2.75) is 59.8 Å². The van der Waals surface area contributed by atoms with Crippen LogP contribution in [0.15, 0.2) is 0 Å². The molecular weight excluding hydrogens is 294 g/mol. The van der Waals surface area contributed by atoms with Crippen LogP contribution in [0.25, 0.3) is 0 Å². The van der Waals surface area contributed by atoms with Gasteiger partial charge in [-0.05, 0) is 38.0 Å². The first-order valence-corrected chi connectivity index (χ1v) is 8.76. The lowest BCUT2D eigenvalue weighted by atomic mass is 9.78. The highest BCUT2D eigenvalue weighted by Gasteiger charge is 2.28. The SMILES string of the molecule is CC(CC(C)C(=O)NC[C@H]1CC[C@H](C(=O)C(C)C)CC1)C(=O)O. The monoisotopic (exact) mass is 325 g/mol. The molecule has 5 heteroatoms. The van der Waals surface area contributed by atoms with Gasteiger partial charge in [-0.25, -0.2) is 0 Å². The number of carboxylic acid groups (broad SMARTS) is 1. The van der Waals surface area contributed by atoms with Gasteiger partial charge in [-0.1, -0.05) is 27.7 Å². The number of amides is 1. The molecule has 1 aliphatic rings. The van der Waals surface area contributed by atoms with Crippen LogP contribution in [0.5, 0.6) is 0 Å². The van der Waals surface area contributed by atoms with E-state index in [0.717, 1.165) is 25.7 Å². The summed E-state index contributed by atoms with van der Waals surface area (Å²) in [5.41, 5.74) is 0. The van der Waals surface area contributed by atoms with Crippen LogP contribution < -0.4 is 5.32 Å². The summed E-state index contributed by atoms with van der Waals surface area (Å²) in [6.45, 7) is 7.93. The van der Waals surface area contributed by atoms with Crippen LogP contribution in [0, 0.1) is 29.6 Å². The van der Waals surface area contributed by atoms with E-state index in [1.54, 1.807) is 13.8 Å². The van der Waals surface area contributed by atoms with Crippen LogP contribution in [0.4, 0.5) is 0 Å². The number of Topliss-reactive ketones (excluding diaryl/α,β-unsaturated/α-hetero) is 1. The van der Waals surface area contributed by atoms with E-state index in [4.69, 9.17) is 5.11 Å². The maximum Gasteiger partial charge on any atom is 0.306 e. The van der Waals surface area contributed by atoms with Crippen LogP contribution in [-0.2, 0) is 14.4 Å². The Balaban J connectivity index is 2.30. The zero-order chi connectivity index (χ0) is 17.6. The number of rotatable bonds is 8. The number of hydrogen-bond donors (Lipinski definition) is 2. The molecule has 23 heavy (non-hydrogen) atoms. The Morgan fingerprint density at radius 2 is 1.57 bits per heavy atom. The Kier molecular flexibility index (Phi) is 7.73. The molecule has 1 aliphatic carbocycles. The second kappa shape index (κ2) is 9.04. The molecule has 1 saturated carbocycles. The van der Waals surface area contributed by atoms with E-state index < -0.39 is 11.9 Å². The number of carboxylic acids is 1. The Labute approximate surface area is 139 Å². The maximum atomic E-state index is 12.0. The van der Waals surface area contributed by atoms with Gasteiger partial charge in [0, 0.05) is 24.3 Å². The van der Waals surface area contributed by atoms with Crippen molar-refractivity contribution in [2.75, 3.05) is 6.54 Å². The highest BCUT2D eigenvalue weighted by atomic mass is 16.4. The predicted molar refractivity (Wildman–Crippen MR) is 88.9 cm³/mol. The third kappa shape index (κ3) is 6.32. The van der Waals surface area contributed by atoms with Gasteiger partial charge in [-0.2, -0.15) is 0 Å². The number of ketones is 1. The van der Waals surface area contributed by atoms with Crippen molar-refractivity contribution < 1.29 is 19.5 Å². The third-order valence-electron chi connectivity index (χ3n) is 4.96. The molecule has 0 spiro atoms. The van der Waals surface area contributed by atoms with E-state index in [1.165, 1.54) is 0 Å². The molecule has 0 aliphatic heterocycles. The van der Waals surface area contributed by atoms with Gasteiger partial charge in [0.05, 0.1) is 5.92 Å². The lowest BCUT2D eigenvalue weighted by molar-refractivity contribution is -0.142. The molecule has 132 valence electrons. The Hall–Kier alpha value is -1.39. The molecule has 0 aromatic rings. The van der Waals surface area contributed by atoms with Gasteiger partial charge in [0.15, 0.2) is 0 Å². The molecule has 2 N–H and O–H groups in total. The van der Waals surface area contributed by atoms with Crippen LogP contribution in [0.1, 0.15) is 59.8 Å². The largest absolute Gasteiger partial charge is 0.481 e. The lowest BCUT2D eigenvalue weighted by Crippen LogP contribution is -2.36. The summed E-state index contributed by atoms with van der Waals surface area (Å²) in [6.07, 6.45) is 4.15. The van der Waals surface area contributed by atoms with Crippen molar-refractivity contribution in [3.8, 4) is 0 Å². The van der Waals surface area contributed by atoms with Crippen LogP contribution in [-0.4, -0.2) is 29.3 Å². The van der Waals surface area contributed by atoms with Crippen LogP contribution in [0.3, 0.4) is 0 Å². The topological polar surface area (TPSA) is 83.5 Å². The summed E-state index contributed by atoms with van der Waals surface area (Å²) < 4.78 is 0. The van der Waals surface area contributed by atoms with Gasteiger partial charge in [0.1, 0.15) is 5.78 Å². The number of hydrogen-bond acceptors (Lipinski definition) is 3. The fraction of sp³-hybridized carbons (Fsp3) is 0.833. The summed E-state index contributed by atoms with van der Waals surface area (Å²) in [6, 6.07) is 0. The third-order valence-corrected chi connectivity index (χ3v) is 4.96. The van der Waals surface area contributed by atoms with E-state index in [9.17, 15) is 14.4 Å². The van der Waals surface area contributed by atoms with Gasteiger partial charge in [-0.3, -0.25) is 14.4 Å². The highest BCUT2D eigenvalue weighted by molar-refractivity contribution is 5.82. The average Bonchev–Trinajstić information content (AvgIpc) is 2.51. The van der Waals surface area contributed by atoms with Gasteiger partial charge in [-0.15, -0.1) is 0 Å². The molecule has 0 saturated heterocycles. The number of carbonyl (C=O) groups is 3. The fourth-order valence-corrected chi connectivity index (χ4v) is 3.28. The minimum absolute atomic E-state index is 0.0709. The molecule has 1 rings (SSSR count). The van der Waals surface area contributed by atoms with Gasteiger partial charge in [0.2, 0.25) is 5.91 Å². The van der Waals surface area contributed by atoms with Crippen molar-refractivity contribution in [2.24, 2.45) is 29.6 Å². The van der Waals surface area contributed by atoms with Crippen molar-refractivity contribution in [3.63, 3.8) is 0 Å². The molecule has 1 amide bonds. The molecule has 1 fully saturated rings. The molecule has 0 bridgehead atoms. The zero-order valence-corrected chi connectivity index (χ0v) is 14.8. The van der Waals surface area contributed by atoms with E-state index in [-0.39, 0.29) is 23.7 Å². The molecule has 5 nitrogen and oxygen atoms in total. The number of aliphatic carboxylic acids is 1. The molecular formula is C18H31NO4. The quantitative estimate of drug-likeness (QED) is 0.719. The first-order chi connectivity index (χ1) is 10.7. The molecule has 0 aromatic heterocycles. The second-order valence-corrected chi connectivity index (χ2v) is 7.40. The van der Waals surface area contributed by atoms with Crippen molar-refractivity contribution in [3.05, 3.63) is 0 Å². The lowest BCUT2D eigenvalue weighted by Gasteiger charge is -2.29. The second-order valence-electron chi connectivity index (χ2n) is 7.40. The van der Waals surface area contributed by atoms with Crippen molar-refractivity contribution >= 4 is 17.7 Å². The van der Waals surface area contributed by atoms with E-state index in [2.05, 4.69) is 5.32 Å². The van der Waals surface area contributed by atoms with Gasteiger partial charge in [0.25, 0.3) is 0 Å². The molecule has 2 atom stereocenters. The van der Waals surface area contributed by atoms with E-state index in [0.29, 0.717) is 24.7 Å². The summed E-state index contributed by atoms with van der Waals surface area (Å²) in [5.74, 6) is -0.641. The normalized spacial score (nSPS) is 24.0. The minimum Gasteiger partial charge on any atom is -0.481 e. The average molecular weight is 325 g/mol. The molecule has 0 aromatic carbocycles. The smallest absolute Gasteiger partial charge is 0.306 e. The van der Waals surface area contributed by atoms with Gasteiger partial charge < -0.3 is 10.4 Å². The summed E-state index contributed by atoms with van der Waals surface area (Å²) in [4.78, 5) is 34.9. The predicted octanol–water partition coefficient (Wildman–Crippen LogP) is 2.88. The minimum atomic E-state index is -0.863. The summed E-state index contributed by atoms with van der Waals surface area (Å²) >= 11 is 0. The maximum absolute atomic E-state index is 12.0. The first kappa shape index (κ1) is 19.7. The van der Waals surface area contributed by atoms with Gasteiger partial charge >= 0.3 is 5.97 Å².